The molecule has 6 nitrogen and oxygen atoms in total. The van der Waals surface area contributed by atoms with Crippen LogP contribution < -0.4 is 10.9 Å². The number of hydrazone groups is 1. The van der Waals surface area contributed by atoms with Gasteiger partial charge < -0.3 is 0 Å². The minimum absolute atomic E-state index is 0.360. The van der Waals surface area contributed by atoms with Crippen LogP contribution >= 0.6 is 0 Å². The van der Waals surface area contributed by atoms with Gasteiger partial charge in [-0.15, -0.1) is 0 Å². The Morgan fingerprint density at radius 1 is 1.12 bits per heavy atom. The first kappa shape index (κ1) is 17.1. The number of amides is 2. The molecule has 0 atom stereocenters. The van der Waals surface area contributed by atoms with Crippen LogP contribution in [0.5, 0.6) is 0 Å². The number of hydrogen-bond donors (Lipinski definition) is 3. The number of nitrogens with zero attached hydrogens (tertiary/aromatic N) is 1. The zero-order valence-corrected chi connectivity index (χ0v) is 13.1. The molecule has 3 N–H and O–H groups in total. The second-order valence-electron chi connectivity index (χ2n) is 4.99. The Morgan fingerprint density at radius 3 is 2.67 bits per heavy atom. The number of nitrogens with one attached hydrogen (secondary N) is 2. The Balaban J connectivity index is 2.03. The van der Waals surface area contributed by atoms with Gasteiger partial charge in [0.1, 0.15) is 0 Å². The largest absolute Gasteiger partial charge is 0.288 e. The summed E-state index contributed by atoms with van der Waals surface area (Å²) in [6.45, 7) is 1.96. The van der Waals surface area contributed by atoms with Gasteiger partial charge in [-0.3, -0.25) is 14.8 Å². The lowest BCUT2D eigenvalue weighted by Gasteiger charge is -2.02. The molecule has 0 aliphatic heterocycles. The molecule has 2 aromatic rings. The predicted octanol–water partition coefficient (Wildman–Crippen LogP) is 2.28. The summed E-state index contributed by atoms with van der Waals surface area (Å²) in [5, 5.41) is 12.4. The van der Waals surface area contributed by atoms with Gasteiger partial charge in [-0.2, -0.15) is 5.10 Å². The second-order valence-corrected chi connectivity index (χ2v) is 4.99. The van der Waals surface area contributed by atoms with E-state index in [1.165, 1.54) is 11.6 Å². The third-order valence-corrected chi connectivity index (χ3v) is 3.24. The molecule has 0 heterocycles. The van der Waals surface area contributed by atoms with Crippen LogP contribution in [-0.2, 0) is 4.79 Å². The fourth-order valence-corrected chi connectivity index (χ4v) is 1.95. The zero-order valence-electron chi connectivity index (χ0n) is 13.1. The first-order chi connectivity index (χ1) is 11.6. The van der Waals surface area contributed by atoms with Crippen molar-refractivity contribution in [2.24, 2.45) is 5.10 Å². The monoisotopic (exact) mass is 323 g/mol. The first-order valence-electron chi connectivity index (χ1n) is 7.21. The molecule has 0 aromatic heterocycles. The lowest BCUT2D eigenvalue weighted by atomic mass is 10.1. The molecule has 0 unspecified atom stereocenters. The SMILES string of the molecule is Cc1ccccc1/C=N/NC(=O)c1cccc(/C=C/C(=O)NO)c1. The van der Waals surface area contributed by atoms with Crippen LogP contribution in [0.4, 0.5) is 0 Å². The maximum absolute atomic E-state index is 12.1. The van der Waals surface area contributed by atoms with Crippen molar-refractivity contribution in [2.75, 3.05) is 0 Å². The minimum atomic E-state index is -0.646. The van der Waals surface area contributed by atoms with Crippen LogP contribution in [0.2, 0.25) is 0 Å². The van der Waals surface area contributed by atoms with E-state index in [9.17, 15) is 9.59 Å². The normalized spacial score (nSPS) is 10.9. The van der Waals surface area contributed by atoms with Gasteiger partial charge in [0.25, 0.3) is 11.8 Å². The highest BCUT2D eigenvalue weighted by molar-refractivity contribution is 5.96. The molecule has 0 saturated heterocycles. The summed E-state index contributed by atoms with van der Waals surface area (Å²) >= 11 is 0. The average molecular weight is 323 g/mol. The Hall–Kier alpha value is -3.25. The van der Waals surface area contributed by atoms with E-state index in [2.05, 4.69) is 10.5 Å². The summed E-state index contributed by atoms with van der Waals surface area (Å²) in [4.78, 5) is 23.1. The molecule has 0 fully saturated rings. The third kappa shape index (κ3) is 4.89. The van der Waals surface area contributed by atoms with Crippen LogP contribution in [0.15, 0.2) is 59.7 Å². The molecule has 0 spiro atoms. The van der Waals surface area contributed by atoms with E-state index in [0.29, 0.717) is 11.1 Å². The van der Waals surface area contributed by atoms with Crippen molar-refractivity contribution in [1.29, 1.82) is 0 Å². The fourth-order valence-electron chi connectivity index (χ4n) is 1.95. The van der Waals surface area contributed by atoms with Crippen LogP contribution in [0.1, 0.15) is 27.0 Å². The van der Waals surface area contributed by atoms with Crippen molar-refractivity contribution < 1.29 is 14.8 Å². The topological polar surface area (TPSA) is 90.8 Å². The van der Waals surface area contributed by atoms with Gasteiger partial charge in [0.05, 0.1) is 6.21 Å². The standard InChI is InChI=1S/C18H17N3O3/c1-13-5-2-3-7-16(13)12-19-20-18(23)15-8-4-6-14(11-15)9-10-17(22)21-24/h2-12,24H,1H3,(H,20,23)(H,21,22)/b10-9+,19-12+. The Labute approximate surface area is 139 Å². The van der Waals surface area contributed by atoms with Crippen molar-refractivity contribution in [3.63, 3.8) is 0 Å². The molecule has 0 radical (unpaired) electrons. The quantitative estimate of drug-likeness (QED) is 0.341. The number of hydrogen-bond acceptors (Lipinski definition) is 4. The van der Waals surface area contributed by atoms with E-state index in [-0.39, 0.29) is 5.91 Å². The Kier molecular flexibility index (Phi) is 5.99. The van der Waals surface area contributed by atoms with Crippen molar-refractivity contribution in [3.8, 4) is 0 Å². The van der Waals surface area contributed by atoms with Gasteiger partial charge in [-0.25, -0.2) is 10.9 Å². The van der Waals surface area contributed by atoms with E-state index in [0.717, 1.165) is 17.2 Å². The van der Waals surface area contributed by atoms with E-state index >= 15 is 0 Å². The van der Waals surface area contributed by atoms with Gasteiger partial charge in [0.2, 0.25) is 0 Å². The molecular formula is C18H17N3O3. The molecule has 0 saturated carbocycles. The van der Waals surface area contributed by atoms with E-state index in [4.69, 9.17) is 5.21 Å². The summed E-state index contributed by atoms with van der Waals surface area (Å²) in [5.74, 6) is -1.01. The van der Waals surface area contributed by atoms with Crippen LogP contribution in [-0.4, -0.2) is 23.2 Å². The molecule has 2 amide bonds. The second kappa shape index (κ2) is 8.40. The highest BCUT2D eigenvalue weighted by Crippen LogP contribution is 2.07. The molecule has 122 valence electrons. The van der Waals surface area contributed by atoms with Crippen molar-refractivity contribution >= 4 is 24.1 Å². The molecule has 0 bridgehead atoms. The summed E-state index contributed by atoms with van der Waals surface area (Å²) in [7, 11) is 0. The third-order valence-electron chi connectivity index (χ3n) is 3.24. The molecule has 2 aromatic carbocycles. The lowest BCUT2D eigenvalue weighted by molar-refractivity contribution is -0.124. The van der Waals surface area contributed by atoms with Gasteiger partial charge >= 0.3 is 0 Å². The van der Waals surface area contributed by atoms with Gasteiger partial charge in [-0.05, 0) is 41.8 Å². The van der Waals surface area contributed by atoms with E-state index in [1.54, 1.807) is 30.5 Å². The van der Waals surface area contributed by atoms with Gasteiger partial charge in [0.15, 0.2) is 0 Å². The van der Waals surface area contributed by atoms with Crippen molar-refractivity contribution in [3.05, 3.63) is 76.9 Å². The molecular weight excluding hydrogens is 306 g/mol. The Bertz CT molecular complexity index is 798. The number of rotatable bonds is 5. The number of benzene rings is 2. The van der Waals surface area contributed by atoms with Crippen LogP contribution in [0, 0.1) is 6.92 Å². The zero-order chi connectivity index (χ0) is 17.4. The highest BCUT2D eigenvalue weighted by atomic mass is 16.5. The highest BCUT2D eigenvalue weighted by Gasteiger charge is 2.04. The molecule has 24 heavy (non-hydrogen) atoms. The van der Waals surface area contributed by atoms with Crippen molar-refractivity contribution in [1.82, 2.24) is 10.9 Å². The maximum Gasteiger partial charge on any atom is 0.271 e. The predicted molar refractivity (Wildman–Crippen MR) is 91.6 cm³/mol. The summed E-state index contributed by atoms with van der Waals surface area (Å²) in [5.41, 5.74) is 7.00. The summed E-state index contributed by atoms with van der Waals surface area (Å²) < 4.78 is 0. The Morgan fingerprint density at radius 2 is 1.92 bits per heavy atom. The molecule has 0 aliphatic rings. The van der Waals surface area contributed by atoms with Gasteiger partial charge in [-0.1, -0.05) is 36.4 Å². The molecule has 6 heteroatoms. The minimum Gasteiger partial charge on any atom is -0.288 e. The smallest absolute Gasteiger partial charge is 0.271 e. The number of carbonyl (C=O) groups is 2. The fraction of sp³-hybridized carbons (Fsp3) is 0.0556. The first-order valence-corrected chi connectivity index (χ1v) is 7.21. The number of aryl methyl sites for hydroxylation is 1. The van der Waals surface area contributed by atoms with Crippen molar-refractivity contribution in [2.45, 2.75) is 6.92 Å². The number of hydroxylamine groups is 1. The molecule has 0 aliphatic carbocycles. The lowest BCUT2D eigenvalue weighted by Crippen LogP contribution is -2.17. The van der Waals surface area contributed by atoms with Gasteiger partial charge in [0, 0.05) is 11.6 Å². The molecule has 2 rings (SSSR count). The number of carbonyl (C=O) groups excluding carboxylic acids is 2. The van der Waals surface area contributed by atoms with Crippen LogP contribution in [0.3, 0.4) is 0 Å². The maximum atomic E-state index is 12.1. The summed E-state index contributed by atoms with van der Waals surface area (Å²) in [6.07, 6.45) is 4.23. The van der Waals surface area contributed by atoms with Crippen LogP contribution in [0.25, 0.3) is 6.08 Å². The summed E-state index contributed by atoms with van der Waals surface area (Å²) in [6, 6.07) is 14.4. The van der Waals surface area contributed by atoms with E-state index in [1.807, 2.05) is 31.2 Å². The van der Waals surface area contributed by atoms with E-state index < -0.39 is 5.91 Å². The average Bonchev–Trinajstić information content (AvgIpc) is 2.61.